The number of aromatic nitrogens is 4. The second-order valence-electron chi connectivity index (χ2n) is 3.70. The zero-order valence-corrected chi connectivity index (χ0v) is 9.18. The average Bonchev–Trinajstić information content (AvgIpc) is 2.68. The lowest BCUT2D eigenvalue weighted by atomic mass is 10.4. The van der Waals surface area contributed by atoms with Gasteiger partial charge in [-0.15, -0.1) is 0 Å². The zero-order valence-electron chi connectivity index (χ0n) is 9.18. The van der Waals surface area contributed by atoms with Crippen molar-refractivity contribution in [2.24, 2.45) is 14.1 Å². The summed E-state index contributed by atoms with van der Waals surface area (Å²) in [5.41, 5.74) is -0.414. The molecule has 0 saturated heterocycles. The first-order valence-corrected chi connectivity index (χ1v) is 4.77. The summed E-state index contributed by atoms with van der Waals surface area (Å²) in [4.78, 5) is 30.1. The Morgan fingerprint density at radius 3 is 2.50 bits per heavy atom. The molecule has 0 aliphatic carbocycles. The summed E-state index contributed by atoms with van der Waals surface area (Å²) in [5, 5.41) is 9.36. The SMILES string of the molecule is C[C@H](O)c1nc2c([nH]1)c(=O)n(C)c(=O)n2C. The van der Waals surface area contributed by atoms with E-state index in [1.54, 1.807) is 0 Å². The van der Waals surface area contributed by atoms with Gasteiger partial charge in [0.2, 0.25) is 0 Å². The minimum absolute atomic E-state index is 0.223. The molecule has 16 heavy (non-hydrogen) atoms. The Labute approximate surface area is 90.0 Å². The lowest BCUT2D eigenvalue weighted by Gasteiger charge is -2.00. The van der Waals surface area contributed by atoms with Gasteiger partial charge in [0, 0.05) is 14.1 Å². The number of aliphatic hydroxyl groups excluding tert-OH is 1. The first-order valence-electron chi connectivity index (χ1n) is 4.77. The van der Waals surface area contributed by atoms with Crippen LogP contribution >= 0.6 is 0 Å². The topological polar surface area (TPSA) is 92.9 Å². The van der Waals surface area contributed by atoms with Crippen LogP contribution in [0.2, 0.25) is 0 Å². The molecule has 7 nitrogen and oxygen atoms in total. The number of imidazole rings is 1. The summed E-state index contributed by atoms with van der Waals surface area (Å²) in [6.45, 7) is 1.53. The second-order valence-corrected chi connectivity index (χ2v) is 3.70. The molecule has 0 unspecified atom stereocenters. The van der Waals surface area contributed by atoms with Crippen molar-refractivity contribution in [3.8, 4) is 0 Å². The summed E-state index contributed by atoms with van der Waals surface area (Å²) < 4.78 is 2.26. The fourth-order valence-electron chi connectivity index (χ4n) is 1.54. The molecule has 0 bridgehead atoms. The van der Waals surface area contributed by atoms with Crippen LogP contribution in [-0.4, -0.2) is 24.2 Å². The number of aryl methyl sites for hydroxylation is 1. The molecule has 0 saturated carbocycles. The van der Waals surface area contributed by atoms with Gasteiger partial charge in [-0.25, -0.2) is 9.78 Å². The molecule has 0 fully saturated rings. The molecule has 0 aliphatic rings. The van der Waals surface area contributed by atoms with E-state index >= 15 is 0 Å². The maximum Gasteiger partial charge on any atom is 0.332 e. The van der Waals surface area contributed by atoms with Crippen LogP contribution in [-0.2, 0) is 14.1 Å². The predicted octanol–water partition coefficient (Wildman–Crippen LogP) is -0.986. The Kier molecular flexibility index (Phi) is 2.20. The number of hydrogen-bond acceptors (Lipinski definition) is 4. The predicted molar refractivity (Wildman–Crippen MR) is 57.2 cm³/mol. The van der Waals surface area contributed by atoms with E-state index in [9.17, 15) is 14.7 Å². The van der Waals surface area contributed by atoms with Crippen molar-refractivity contribution in [2.45, 2.75) is 13.0 Å². The van der Waals surface area contributed by atoms with Crippen LogP contribution in [0.3, 0.4) is 0 Å². The van der Waals surface area contributed by atoms with Crippen molar-refractivity contribution in [1.82, 2.24) is 19.1 Å². The molecular formula is C9H12N4O3. The molecule has 1 atom stereocenters. The van der Waals surface area contributed by atoms with E-state index in [0.29, 0.717) is 0 Å². The third kappa shape index (κ3) is 1.28. The molecule has 2 N–H and O–H groups in total. The highest BCUT2D eigenvalue weighted by Gasteiger charge is 2.15. The Bertz CT molecular complexity index is 662. The van der Waals surface area contributed by atoms with Gasteiger partial charge in [0.15, 0.2) is 5.65 Å². The van der Waals surface area contributed by atoms with E-state index in [4.69, 9.17) is 0 Å². The zero-order chi connectivity index (χ0) is 12.0. The first-order chi connectivity index (χ1) is 7.43. The lowest BCUT2D eigenvalue weighted by Crippen LogP contribution is -2.36. The number of fused-ring (bicyclic) bond motifs is 1. The van der Waals surface area contributed by atoms with Crippen LogP contribution in [0.1, 0.15) is 18.9 Å². The normalized spacial score (nSPS) is 13.2. The van der Waals surface area contributed by atoms with Crippen molar-refractivity contribution in [2.75, 3.05) is 0 Å². The molecule has 0 radical (unpaired) electrons. The van der Waals surface area contributed by atoms with Gasteiger partial charge in [0.1, 0.15) is 17.4 Å². The van der Waals surface area contributed by atoms with E-state index in [2.05, 4.69) is 9.97 Å². The Hall–Kier alpha value is -1.89. The smallest absolute Gasteiger partial charge is 0.332 e. The molecule has 0 aromatic carbocycles. The minimum Gasteiger partial charge on any atom is -0.385 e. The van der Waals surface area contributed by atoms with Gasteiger partial charge in [0.05, 0.1) is 0 Å². The van der Waals surface area contributed by atoms with Crippen LogP contribution in [0, 0.1) is 0 Å². The number of hydrogen-bond donors (Lipinski definition) is 2. The molecule has 0 aliphatic heterocycles. The molecule has 86 valence electrons. The summed E-state index contributed by atoms with van der Waals surface area (Å²) in [6, 6.07) is 0. The third-order valence-corrected chi connectivity index (χ3v) is 2.51. The molecular weight excluding hydrogens is 212 g/mol. The van der Waals surface area contributed by atoms with E-state index < -0.39 is 17.4 Å². The van der Waals surface area contributed by atoms with E-state index in [-0.39, 0.29) is 17.0 Å². The number of nitrogens with zero attached hydrogens (tertiary/aromatic N) is 3. The summed E-state index contributed by atoms with van der Waals surface area (Å²) >= 11 is 0. The average molecular weight is 224 g/mol. The molecule has 2 heterocycles. The minimum atomic E-state index is -0.813. The van der Waals surface area contributed by atoms with Crippen molar-refractivity contribution in [1.29, 1.82) is 0 Å². The number of H-pyrrole nitrogens is 1. The standard InChI is InChI=1S/C9H12N4O3/c1-4(14)6-10-5-7(11-6)12(2)9(16)13(3)8(5)15/h4,14H,1-3H3,(H,10,11)/t4-/m0/s1. The molecule has 2 aromatic rings. The van der Waals surface area contributed by atoms with Crippen LogP contribution in [0.15, 0.2) is 9.59 Å². The highest BCUT2D eigenvalue weighted by Crippen LogP contribution is 2.10. The lowest BCUT2D eigenvalue weighted by molar-refractivity contribution is 0.190. The van der Waals surface area contributed by atoms with Gasteiger partial charge in [0.25, 0.3) is 5.56 Å². The first kappa shape index (κ1) is 10.6. The van der Waals surface area contributed by atoms with Gasteiger partial charge in [-0.05, 0) is 6.92 Å². The van der Waals surface area contributed by atoms with Gasteiger partial charge in [-0.3, -0.25) is 13.9 Å². The maximum atomic E-state index is 11.7. The van der Waals surface area contributed by atoms with Crippen molar-refractivity contribution in [3.63, 3.8) is 0 Å². The summed E-state index contributed by atoms with van der Waals surface area (Å²) in [7, 11) is 2.92. The fraction of sp³-hybridized carbons (Fsp3) is 0.444. The molecule has 2 rings (SSSR count). The molecule has 0 amide bonds. The van der Waals surface area contributed by atoms with Gasteiger partial charge < -0.3 is 10.1 Å². The largest absolute Gasteiger partial charge is 0.385 e. The molecule has 7 heteroatoms. The van der Waals surface area contributed by atoms with Gasteiger partial charge in [-0.2, -0.15) is 0 Å². The number of nitrogens with one attached hydrogen (secondary N) is 1. The summed E-state index contributed by atoms with van der Waals surface area (Å²) in [6.07, 6.45) is -0.813. The van der Waals surface area contributed by atoms with Crippen molar-refractivity contribution in [3.05, 3.63) is 26.7 Å². The van der Waals surface area contributed by atoms with Gasteiger partial charge in [-0.1, -0.05) is 0 Å². The fourth-order valence-corrected chi connectivity index (χ4v) is 1.54. The van der Waals surface area contributed by atoms with E-state index in [0.717, 1.165) is 4.57 Å². The van der Waals surface area contributed by atoms with Crippen LogP contribution in [0.25, 0.3) is 11.2 Å². The Morgan fingerprint density at radius 2 is 1.94 bits per heavy atom. The highest BCUT2D eigenvalue weighted by molar-refractivity contribution is 5.69. The van der Waals surface area contributed by atoms with Crippen LogP contribution < -0.4 is 11.2 Å². The highest BCUT2D eigenvalue weighted by atomic mass is 16.3. The Balaban J connectivity index is 2.98. The Morgan fingerprint density at radius 1 is 1.31 bits per heavy atom. The van der Waals surface area contributed by atoms with Gasteiger partial charge >= 0.3 is 5.69 Å². The molecule has 0 spiro atoms. The van der Waals surface area contributed by atoms with Crippen LogP contribution in [0.4, 0.5) is 0 Å². The quantitative estimate of drug-likeness (QED) is 0.650. The number of rotatable bonds is 1. The van der Waals surface area contributed by atoms with Crippen molar-refractivity contribution >= 4 is 11.2 Å². The second kappa shape index (κ2) is 3.31. The third-order valence-electron chi connectivity index (χ3n) is 2.51. The number of aliphatic hydroxyl groups is 1. The monoisotopic (exact) mass is 224 g/mol. The van der Waals surface area contributed by atoms with E-state index in [1.165, 1.54) is 25.6 Å². The van der Waals surface area contributed by atoms with E-state index in [1.807, 2.05) is 0 Å². The summed E-state index contributed by atoms with van der Waals surface area (Å²) in [5.74, 6) is 0.272. The number of aromatic amines is 1. The van der Waals surface area contributed by atoms with Crippen LogP contribution in [0.5, 0.6) is 0 Å². The molecule has 2 aromatic heterocycles. The van der Waals surface area contributed by atoms with Crippen molar-refractivity contribution < 1.29 is 5.11 Å². The maximum absolute atomic E-state index is 11.7.